The Hall–Kier alpha value is -5.80. The number of para-hydroxylation sites is 2. The summed E-state index contributed by atoms with van der Waals surface area (Å²) in [6.07, 6.45) is 0. The second-order valence-electron chi connectivity index (χ2n) is 16.6. The zero-order valence-corrected chi connectivity index (χ0v) is 31.6. The molecule has 2 heterocycles. The highest BCUT2D eigenvalue weighted by molar-refractivity contribution is 7.00. The van der Waals surface area contributed by atoms with E-state index in [0.717, 1.165) is 0 Å². The molecule has 7 aromatic rings. The molecule has 0 unspecified atom stereocenters. The van der Waals surface area contributed by atoms with E-state index in [9.17, 15) is 0 Å². The molecule has 2 aliphatic heterocycles. The SMILES string of the molecule is CC(C)(C)c1ccc(N2c3ccc(C(C)(C)C)cc3B3c4ccccc4N(c4c(-c5ccccc5)cccc4-c4ccccc4)c4cccc2c43)cc1. The van der Waals surface area contributed by atoms with Crippen LogP contribution in [-0.2, 0) is 10.8 Å². The first-order valence-corrected chi connectivity index (χ1v) is 18.9. The first-order chi connectivity index (χ1) is 25.6. The minimum Gasteiger partial charge on any atom is -0.311 e. The topological polar surface area (TPSA) is 6.48 Å². The first-order valence-electron chi connectivity index (χ1n) is 18.9. The number of rotatable bonds is 4. The Balaban J connectivity index is 1.37. The van der Waals surface area contributed by atoms with Crippen LogP contribution < -0.4 is 26.2 Å². The maximum absolute atomic E-state index is 2.56. The van der Waals surface area contributed by atoms with Gasteiger partial charge < -0.3 is 9.80 Å². The highest BCUT2D eigenvalue weighted by Crippen LogP contribution is 2.49. The lowest BCUT2D eigenvalue weighted by Crippen LogP contribution is -2.61. The van der Waals surface area contributed by atoms with E-state index in [1.165, 1.54) is 83.9 Å². The van der Waals surface area contributed by atoms with Crippen molar-refractivity contribution in [3.8, 4) is 22.3 Å². The minimum absolute atomic E-state index is 0.00738. The Bertz CT molecular complexity index is 2410. The van der Waals surface area contributed by atoms with E-state index >= 15 is 0 Å². The van der Waals surface area contributed by atoms with Gasteiger partial charge >= 0.3 is 0 Å². The molecule has 0 bridgehead atoms. The fourth-order valence-electron chi connectivity index (χ4n) is 8.47. The predicted octanol–water partition coefficient (Wildman–Crippen LogP) is 11.7. The van der Waals surface area contributed by atoms with Crippen LogP contribution in [0.5, 0.6) is 0 Å². The summed E-state index contributed by atoms with van der Waals surface area (Å²) in [7, 11) is 0. The average Bonchev–Trinajstić information content (AvgIpc) is 3.17. The molecular weight excluding hydrogens is 639 g/mol. The van der Waals surface area contributed by atoms with E-state index in [1.54, 1.807) is 0 Å². The Morgan fingerprint density at radius 2 is 0.887 bits per heavy atom. The maximum atomic E-state index is 2.56. The molecule has 7 aromatic carbocycles. The first kappa shape index (κ1) is 33.1. The van der Waals surface area contributed by atoms with Gasteiger partial charge in [0.05, 0.1) is 5.69 Å². The standard InChI is InChI=1S/C50H45BN2/c1-49(2,3)36-27-30-38(31-28-36)52-44-32-29-37(50(4,5)6)33-42(44)51-41-23-13-14-24-43(41)53(46-26-16-25-45(52)47(46)51)48-39(34-17-9-7-10-18-34)21-15-22-40(48)35-19-11-8-12-20-35/h7-33H,1-6H3. The van der Waals surface area contributed by atoms with Gasteiger partial charge in [0.25, 0.3) is 6.71 Å². The number of hydrogen-bond acceptors (Lipinski definition) is 2. The van der Waals surface area contributed by atoms with Crippen LogP contribution in [0.15, 0.2) is 164 Å². The van der Waals surface area contributed by atoms with Crippen molar-refractivity contribution in [2.75, 3.05) is 9.80 Å². The predicted molar refractivity (Wildman–Crippen MR) is 229 cm³/mol. The van der Waals surface area contributed by atoms with Gasteiger partial charge in [0.1, 0.15) is 0 Å². The third kappa shape index (κ3) is 5.49. The van der Waals surface area contributed by atoms with Crippen molar-refractivity contribution in [2.45, 2.75) is 52.4 Å². The molecule has 53 heavy (non-hydrogen) atoms. The van der Waals surface area contributed by atoms with Crippen molar-refractivity contribution in [1.82, 2.24) is 0 Å². The summed E-state index contributed by atoms with van der Waals surface area (Å²) in [6.45, 7) is 13.9. The average molecular weight is 685 g/mol. The zero-order chi connectivity index (χ0) is 36.5. The maximum Gasteiger partial charge on any atom is 0.252 e. The van der Waals surface area contributed by atoms with Gasteiger partial charge in [-0.15, -0.1) is 0 Å². The van der Waals surface area contributed by atoms with E-state index < -0.39 is 0 Å². The molecule has 0 saturated heterocycles. The summed E-state index contributed by atoms with van der Waals surface area (Å²) in [5.74, 6) is 0. The number of benzene rings is 7. The molecule has 0 fully saturated rings. The molecule has 258 valence electrons. The summed E-state index contributed by atoms with van der Waals surface area (Å²) in [5, 5.41) is 0. The number of anilines is 6. The van der Waals surface area contributed by atoms with Gasteiger partial charge in [-0.3, -0.25) is 0 Å². The summed E-state index contributed by atoms with van der Waals surface area (Å²) >= 11 is 0. The summed E-state index contributed by atoms with van der Waals surface area (Å²) < 4.78 is 0. The molecule has 0 aromatic heterocycles. The molecule has 0 amide bonds. The van der Waals surface area contributed by atoms with Gasteiger partial charge in [-0.05, 0) is 85.9 Å². The molecule has 9 rings (SSSR count). The Kier molecular flexibility index (Phi) is 7.75. The van der Waals surface area contributed by atoms with Crippen LogP contribution in [0.1, 0.15) is 52.7 Å². The third-order valence-electron chi connectivity index (χ3n) is 11.2. The van der Waals surface area contributed by atoms with E-state index in [-0.39, 0.29) is 17.5 Å². The van der Waals surface area contributed by atoms with Crippen LogP contribution in [-0.4, -0.2) is 6.71 Å². The molecule has 0 spiro atoms. The fraction of sp³-hybridized carbons (Fsp3) is 0.160. The third-order valence-corrected chi connectivity index (χ3v) is 11.2. The smallest absolute Gasteiger partial charge is 0.252 e. The lowest BCUT2D eigenvalue weighted by Gasteiger charge is -2.45. The van der Waals surface area contributed by atoms with Crippen molar-refractivity contribution < 1.29 is 0 Å². The largest absolute Gasteiger partial charge is 0.311 e. The number of fused-ring (bicyclic) bond motifs is 4. The molecule has 0 atom stereocenters. The van der Waals surface area contributed by atoms with E-state index in [2.05, 4.69) is 215 Å². The Morgan fingerprint density at radius 3 is 1.49 bits per heavy atom. The Labute approximate surface area is 315 Å². The van der Waals surface area contributed by atoms with Crippen molar-refractivity contribution in [3.05, 3.63) is 175 Å². The number of hydrogen-bond donors (Lipinski definition) is 0. The van der Waals surface area contributed by atoms with Gasteiger partial charge in [0.2, 0.25) is 0 Å². The van der Waals surface area contributed by atoms with Crippen molar-refractivity contribution in [3.63, 3.8) is 0 Å². The Morgan fingerprint density at radius 1 is 0.396 bits per heavy atom. The van der Waals surface area contributed by atoms with Gasteiger partial charge in [0.15, 0.2) is 0 Å². The van der Waals surface area contributed by atoms with Gasteiger partial charge in [-0.25, -0.2) is 0 Å². The lowest BCUT2D eigenvalue weighted by atomic mass is 9.33. The van der Waals surface area contributed by atoms with E-state index in [4.69, 9.17) is 0 Å². The van der Waals surface area contributed by atoms with E-state index in [1.807, 2.05) is 0 Å². The molecular formula is C50H45BN2. The highest BCUT2D eigenvalue weighted by atomic mass is 15.2. The highest BCUT2D eigenvalue weighted by Gasteiger charge is 2.44. The van der Waals surface area contributed by atoms with Crippen LogP contribution >= 0.6 is 0 Å². The second-order valence-corrected chi connectivity index (χ2v) is 16.6. The van der Waals surface area contributed by atoms with Crippen LogP contribution in [0.2, 0.25) is 0 Å². The summed E-state index contributed by atoms with van der Waals surface area (Å²) in [5.41, 5.74) is 18.9. The van der Waals surface area contributed by atoms with E-state index in [0.29, 0.717) is 0 Å². The monoisotopic (exact) mass is 684 g/mol. The molecule has 3 heteroatoms. The molecule has 0 saturated carbocycles. The van der Waals surface area contributed by atoms with Crippen molar-refractivity contribution in [2.24, 2.45) is 0 Å². The quantitative estimate of drug-likeness (QED) is 0.170. The summed E-state index contributed by atoms with van der Waals surface area (Å²) in [4.78, 5) is 5.08. The van der Waals surface area contributed by atoms with Crippen LogP contribution in [0.4, 0.5) is 34.1 Å². The van der Waals surface area contributed by atoms with Crippen molar-refractivity contribution in [1.29, 1.82) is 0 Å². The van der Waals surface area contributed by atoms with Gasteiger partial charge in [0, 0.05) is 39.6 Å². The summed E-state index contributed by atoms with van der Waals surface area (Å²) in [6, 6.07) is 61.0. The molecule has 2 nitrogen and oxygen atoms in total. The fourth-order valence-corrected chi connectivity index (χ4v) is 8.47. The van der Waals surface area contributed by atoms with Crippen molar-refractivity contribution >= 4 is 57.2 Å². The van der Waals surface area contributed by atoms with Gasteiger partial charge in [-0.1, -0.05) is 169 Å². The molecule has 2 aliphatic rings. The minimum atomic E-state index is 0.00738. The van der Waals surface area contributed by atoms with Crippen LogP contribution in [0, 0.1) is 0 Å². The number of nitrogens with zero attached hydrogens (tertiary/aromatic N) is 2. The molecule has 0 aliphatic carbocycles. The molecule has 0 radical (unpaired) electrons. The zero-order valence-electron chi connectivity index (χ0n) is 31.6. The van der Waals surface area contributed by atoms with Crippen LogP contribution in [0.3, 0.4) is 0 Å². The lowest BCUT2D eigenvalue weighted by molar-refractivity contribution is 0.590. The van der Waals surface area contributed by atoms with Gasteiger partial charge in [-0.2, -0.15) is 0 Å². The molecule has 0 N–H and O–H groups in total. The second kappa shape index (κ2) is 12.4. The van der Waals surface area contributed by atoms with Crippen LogP contribution in [0.25, 0.3) is 22.3 Å². The normalized spacial score (nSPS) is 13.4.